The third-order valence-electron chi connectivity index (χ3n) is 2.02. The van der Waals surface area contributed by atoms with Crippen molar-refractivity contribution in [2.45, 2.75) is 0 Å². The van der Waals surface area contributed by atoms with Gasteiger partial charge in [0.1, 0.15) is 5.75 Å². The molecular formula is C9H10N4O2. The summed E-state index contributed by atoms with van der Waals surface area (Å²) in [6.45, 7) is 0. The van der Waals surface area contributed by atoms with Crippen LogP contribution in [0.15, 0.2) is 29.1 Å². The number of rotatable bonds is 2. The Morgan fingerprint density at radius 2 is 2.20 bits per heavy atom. The molecule has 0 spiro atoms. The molecule has 1 aromatic carbocycles. The van der Waals surface area contributed by atoms with E-state index in [1.807, 2.05) is 6.07 Å². The molecule has 6 nitrogen and oxygen atoms in total. The highest BCUT2D eigenvalue weighted by Gasteiger charge is 2.10. The van der Waals surface area contributed by atoms with Crippen LogP contribution in [0.1, 0.15) is 0 Å². The van der Waals surface area contributed by atoms with E-state index in [1.165, 1.54) is 11.7 Å². The number of aromatic nitrogens is 3. The summed E-state index contributed by atoms with van der Waals surface area (Å²) in [7, 11) is 1.53. The number of aromatic amines is 1. The second-order valence-electron chi connectivity index (χ2n) is 2.89. The smallest absolute Gasteiger partial charge is 0.349 e. The number of nitrogens with zero attached hydrogens (tertiary/aromatic N) is 2. The van der Waals surface area contributed by atoms with E-state index in [4.69, 9.17) is 10.5 Å². The summed E-state index contributed by atoms with van der Waals surface area (Å²) < 4.78 is 6.37. The normalized spacial score (nSPS) is 10.2. The Hall–Kier alpha value is -2.24. The number of ether oxygens (including phenoxy) is 1. The van der Waals surface area contributed by atoms with Crippen molar-refractivity contribution in [3.05, 3.63) is 34.7 Å². The van der Waals surface area contributed by atoms with Gasteiger partial charge in [0.2, 0.25) is 5.95 Å². The second kappa shape index (κ2) is 3.49. The molecule has 2 aromatic rings. The molecule has 6 heteroatoms. The van der Waals surface area contributed by atoms with E-state index >= 15 is 0 Å². The summed E-state index contributed by atoms with van der Waals surface area (Å²) in [5.41, 5.74) is 5.74. The van der Waals surface area contributed by atoms with Gasteiger partial charge in [0, 0.05) is 0 Å². The number of H-pyrrole nitrogens is 1. The van der Waals surface area contributed by atoms with Crippen molar-refractivity contribution >= 4 is 5.95 Å². The minimum atomic E-state index is -0.392. The number of nitrogens with one attached hydrogen (secondary N) is 1. The molecule has 0 saturated heterocycles. The van der Waals surface area contributed by atoms with Gasteiger partial charge in [0.25, 0.3) is 0 Å². The quantitative estimate of drug-likeness (QED) is 0.732. The van der Waals surface area contributed by atoms with Crippen LogP contribution >= 0.6 is 0 Å². The standard InChI is InChI=1S/C9H10N4O2/c1-15-7-5-3-2-4-6(7)13-8(10)11-12-9(13)14/h2-5H,1H3,(H2,10,11)(H,12,14). The molecule has 1 aromatic heterocycles. The van der Waals surface area contributed by atoms with E-state index in [0.29, 0.717) is 11.4 Å². The molecule has 0 radical (unpaired) electrons. The molecule has 0 saturated carbocycles. The fourth-order valence-corrected chi connectivity index (χ4v) is 1.36. The van der Waals surface area contributed by atoms with Gasteiger partial charge >= 0.3 is 5.69 Å². The predicted octanol–water partition coefficient (Wildman–Crippen LogP) is 0.151. The summed E-state index contributed by atoms with van der Waals surface area (Å²) >= 11 is 0. The first-order chi connectivity index (χ1) is 7.24. The number of methoxy groups -OCH3 is 1. The fraction of sp³-hybridized carbons (Fsp3) is 0.111. The molecule has 0 aliphatic rings. The van der Waals surface area contributed by atoms with Crippen molar-refractivity contribution in [3.63, 3.8) is 0 Å². The largest absolute Gasteiger partial charge is 0.495 e. The van der Waals surface area contributed by atoms with Gasteiger partial charge in [-0.05, 0) is 12.1 Å². The van der Waals surface area contributed by atoms with Crippen LogP contribution in [0.2, 0.25) is 0 Å². The lowest BCUT2D eigenvalue weighted by molar-refractivity contribution is 0.412. The van der Waals surface area contributed by atoms with E-state index in [2.05, 4.69) is 10.2 Å². The third kappa shape index (κ3) is 1.45. The SMILES string of the molecule is COc1ccccc1-n1c(N)n[nH]c1=O. The Morgan fingerprint density at radius 3 is 2.80 bits per heavy atom. The molecule has 2 rings (SSSR count). The fourth-order valence-electron chi connectivity index (χ4n) is 1.36. The number of hydrogen-bond donors (Lipinski definition) is 2. The zero-order chi connectivity index (χ0) is 10.8. The molecule has 0 atom stereocenters. The Bertz CT molecular complexity index is 529. The number of anilines is 1. The van der Waals surface area contributed by atoms with Gasteiger partial charge in [0.05, 0.1) is 12.8 Å². The first-order valence-corrected chi connectivity index (χ1v) is 4.30. The van der Waals surface area contributed by atoms with E-state index in [-0.39, 0.29) is 5.95 Å². The topological polar surface area (TPSA) is 85.9 Å². The van der Waals surface area contributed by atoms with Crippen LogP contribution in [0, 0.1) is 0 Å². The molecule has 0 unspecified atom stereocenters. The van der Waals surface area contributed by atoms with Gasteiger partial charge in [0.15, 0.2) is 0 Å². The molecule has 1 heterocycles. The Balaban J connectivity index is 2.69. The number of hydrogen-bond acceptors (Lipinski definition) is 4. The van der Waals surface area contributed by atoms with Crippen molar-refractivity contribution < 1.29 is 4.74 Å². The predicted molar refractivity (Wildman–Crippen MR) is 55.1 cm³/mol. The lowest BCUT2D eigenvalue weighted by Crippen LogP contribution is -2.17. The van der Waals surface area contributed by atoms with E-state index in [1.54, 1.807) is 18.2 Å². The summed E-state index contributed by atoms with van der Waals surface area (Å²) in [5.74, 6) is 0.664. The Morgan fingerprint density at radius 1 is 1.47 bits per heavy atom. The first kappa shape index (κ1) is 9.32. The van der Waals surface area contributed by atoms with Gasteiger partial charge in [-0.3, -0.25) is 0 Å². The molecule has 0 fully saturated rings. The van der Waals surface area contributed by atoms with Crippen LogP contribution in [0.4, 0.5) is 5.95 Å². The van der Waals surface area contributed by atoms with Crippen LogP contribution in [0.5, 0.6) is 5.75 Å². The monoisotopic (exact) mass is 206 g/mol. The number of para-hydroxylation sites is 2. The van der Waals surface area contributed by atoms with Crippen LogP contribution in [0.3, 0.4) is 0 Å². The maximum Gasteiger partial charge on any atom is 0.349 e. The van der Waals surface area contributed by atoms with E-state index < -0.39 is 5.69 Å². The van der Waals surface area contributed by atoms with Gasteiger partial charge in [-0.15, -0.1) is 5.10 Å². The zero-order valence-corrected chi connectivity index (χ0v) is 8.10. The second-order valence-corrected chi connectivity index (χ2v) is 2.89. The highest BCUT2D eigenvalue weighted by Crippen LogP contribution is 2.21. The van der Waals surface area contributed by atoms with Gasteiger partial charge < -0.3 is 10.5 Å². The highest BCUT2D eigenvalue weighted by molar-refractivity contribution is 5.49. The molecule has 0 bridgehead atoms. The van der Waals surface area contributed by atoms with Crippen LogP contribution < -0.4 is 16.2 Å². The molecule has 0 aliphatic carbocycles. The molecule has 78 valence electrons. The maximum absolute atomic E-state index is 11.4. The van der Waals surface area contributed by atoms with Gasteiger partial charge in [-0.1, -0.05) is 12.1 Å². The first-order valence-electron chi connectivity index (χ1n) is 4.30. The number of nitrogens with two attached hydrogens (primary N) is 1. The lowest BCUT2D eigenvalue weighted by Gasteiger charge is -2.07. The van der Waals surface area contributed by atoms with Crippen LogP contribution in [-0.2, 0) is 0 Å². The molecule has 3 N–H and O–H groups in total. The zero-order valence-electron chi connectivity index (χ0n) is 8.10. The van der Waals surface area contributed by atoms with E-state index in [0.717, 1.165) is 0 Å². The van der Waals surface area contributed by atoms with Crippen molar-refractivity contribution in [2.24, 2.45) is 0 Å². The van der Waals surface area contributed by atoms with Gasteiger partial charge in [-0.2, -0.15) is 0 Å². The molecule has 0 amide bonds. The molecule has 0 aliphatic heterocycles. The van der Waals surface area contributed by atoms with E-state index in [9.17, 15) is 4.79 Å². The highest BCUT2D eigenvalue weighted by atomic mass is 16.5. The van der Waals surface area contributed by atoms with Crippen molar-refractivity contribution in [1.29, 1.82) is 0 Å². The lowest BCUT2D eigenvalue weighted by atomic mass is 10.3. The number of benzene rings is 1. The van der Waals surface area contributed by atoms with Gasteiger partial charge in [-0.25, -0.2) is 14.5 Å². The summed E-state index contributed by atoms with van der Waals surface area (Å²) in [4.78, 5) is 11.4. The maximum atomic E-state index is 11.4. The number of nitrogen functional groups attached to an aromatic ring is 1. The average Bonchev–Trinajstić information content (AvgIpc) is 2.59. The van der Waals surface area contributed by atoms with Crippen molar-refractivity contribution in [2.75, 3.05) is 12.8 Å². The summed E-state index contributed by atoms with van der Waals surface area (Å²) in [6.07, 6.45) is 0. The average molecular weight is 206 g/mol. The molecular weight excluding hydrogens is 196 g/mol. The Labute approximate surface area is 85.3 Å². The molecule has 15 heavy (non-hydrogen) atoms. The summed E-state index contributed by atoms with van der Waals surface area (Å²) in [5, 5.41) is 5.88. The van der Waals surface area contributed by atoms with Crippen LogP contribution in [-0.4, -0.2) is 21.9 Å². The van der Waals surface area contributed by atoms with Crippen LogP contribution in [0.25, 0.3) is 5.69 Å². The van der Waals surface area contributed by atoms with Crippen molar-refractivity contribution in [1.82, 2.24) is 14.8 Å². The Kier molecular flexibility index (Phi) is 2.17. The minimum Gasteiger partial charge on any atom is -0.495 e. The summed E-state index contributed by atoms with van der Waals surface area (Å²) in [6, 6.07) is 7.07. The van der Waals surface area contributed by atoms with Crippen molar-refractivity contribution in [3.8, 4) is 11.4 Å². The third-order valence-corrected chi connectivity index (χ3v) is 2.02. The minimum absolute atomic E-state index is 0.101.